The Hall–Kier alpha value is -0.0800. The molecule has 0 bridgehead atoms. The summed E-state index contributed by atoms with van der Waals surface area (Å²) in [4.78, 5) is 0. The van der Waals surface area contributed by atoms with Crippen molar-refractivity contribution in [3.63, 3.8) is 0 Å². The van der Waals surface area contributed by atoms with E-state index in [2.05, 4.69) is 0 Å². The lowest BCUT2D eigenvalue weighted by atomic mass is 9.53. The maximum atomic E-state index is 11.3. The molecule has 0 aromatic rings. The molecule has 6 rings (SSSR count). The van der Waals surface area contributed by atoms with E-state index >= 15 is 0 Å². The van der Waals surface area contributed by atoms with Gasteiger partial charge in [0.1, 0.15) is 0 Å². The van der Waals surface area contributed by atoms with E-state index in [1.165, 1.54) is 109 Å². The van der Waals surface area contributed by atoms with Crippen molar-refractivity contribution in [1.82, 2.24) is 0 Å². The van der Waals surface area contributed by atoms with Crippen molar-refractivity contribution in [2.75, 3.05) is 13.2 Å². The molecular weight excluding hydrogens is 380 g/mol. The summed E-state index contributed by atoms with van der Waals surface area (Å²) >= 11 is 0. The molecule has 6 saturated carbocycles. The number of aliphatic hydroxyl groups excluding tert-OH is 2. The molecule has 0 aromatic carbocycles. The minimum atomic E-state index is 0.118. The molecule has 0 heterocycles. The van der Waals surface area contributed by atoms with E-state index in [0.717, 1.165) is 47.3 Å². The summed E-state index contributed by atoms with van der Waals surface area (Å²) in [6.07, 6.45) is 23.6. The molecule has 8 unspecified atom stereocenters. The van der Waals surface area contributed by atoms with Gasteiger partial charge in [-0.2, -0.15) is 0 Å². The summed E-state index contributed by atoms with van der Waals surface area (Å²) in [7, 11) is 0. The molecular formula is C29H48O2. The number of fused-ring (bicyclic) bond motifs is 6. The molecule has 0 aliphatic heterocycles. The Kier molecular flexibility index (Phi) is 5.74. The summed E-state index contributed by atoms with van der Waals surface area (Å²) in [5.74, 6) is 6.50. The molecule has 0 spiro atoms. The minimum Gasteiger partial charge on any atom is -0.396 e. The highest BCUT2D eigenvalue weighted by atomic mass is 16.3. The van der Waals surface area contributed by atoms with E-state index in [0.29, 0.717) is 13.2 Å². The van der Waals surface area contributed by atoms with Crippen molar-refractivity contribution < 1.29 is 10.2 Å². The Labute approximate surface area is 191 Å². The third-order valence-corrected chi connectivity index (χ3v) is 12.6. The molecule has 6 fully saturated rings. The number of hydrogen-bond donors (Lipinski definition) is 2. The quantitative estimate of drug-likeness (QED) is 0.530. The van der Waals surface area contributed by atoms with E-state index in [1.807, 2.05) is 0 Å². The zero-order chi connectivity index (χ0) is 21.1. The van der Waals surface area contributed by atoms with Crippen LogP contribution in [0.5, 0.6) is 0 Å². The maximum Gasteiger partial charge on any atom is 0.0493 e. The van der Waals surface area contributed by atoms with Gasteiger partial charge in [0.15, 0.2) is 0 Å². The molecule has 31 heavy (non-hydrogen) atoms. The average Bonchev–Trinajstić information content (AvgIpc) is 3.28. The van der Waals surface area contributed by atoms with Crippen LogP contribution in [0.15, 0.2) is 0 Å². The molecule has 0 aromatic heterocycles. The summed E-state index contributed by atoms with van der Waals surface area (Å²) < 4.78 is 0. The standard InChI is InChI=1S/C29H48O2/c30-18-28(24-13-5-1-9-20(24)21-10-2-6-14-25(21)28)17-29(19-31)26-15-7-3-11-22(26)23-12-4-8-16-27(23)29/h20-27,30-31H,1-19H2. The fourth-order valence-electron chi connectivity index (χ4n) is 11.8. The Balaban J connectivity index is 1.41. The van der Waals surface area contributed by atoms with Crippen molar-refractivity contribution in [2.24, 2.45) is 58.2 Å². The second kappa shape index (κ2) is 8.30. The monoisotopic (exact) mass is 428 g/mol. The van der Waals surface area contributed by atoms with E-state index in [4.69, 9.17) is 0 Å². The SMILES string of the molecule is OCC1(CC2(CO)C3CCCCC3C3CCCCC32)C2CCCCC2C2CCCCC21. The first-order valence-corrected chi connectivity index (χ1v) is 14.5. The normalized spacial score (nSPS) is 54.0. The van der Waals surface area contributed by atoms with E-state index < -0.39 is 0 Å². The molecule has 2 nitrogen and oxygen atoms in total. The number of rotatable bonds is 4. The molecule has 8 atom stereocenters. The van der Waals surface area contributed by atoms with Crippen molar-refractivity contribution in [3.05, 3.63) is 0 Å². The van der Waals surface area contributed by atoms with Crippen LogP contribution in [0.2, 0.25) is 0 Å². The molecule has 2 N–H and O–H groups in total. The molecule has 0 amide bonds. The summed E-state index contributed by atoms with van der Waals surface area (Å²) in [6, 6.07) is 0. The Morgan fingerprint density at radius 3 is 0.935 bits per heavy atom. The van der Waals surface area contributed by atoms with Gasteiger partial charge in [-0.05, 0) is 105 Å². The number of aliphatic hydroxyl groups is 2. The van der Waals surface area contributed by atoms with Crippen molar-refractivity contribution >= 4 is 0 Å². The summed E-state index contributed by atoms with van der Waals surface area (Å²) in [5, 5.41) is 22.6. The van der Waals surface area contributed by atoms with E-state index in [9.17, 15) is 10.2 Å². The lowest BCUT2D eigenvalue weighted by Crippen LogP contribution is -2.49. The zero-order valence-corrected chi connectivity index (χ0v) is 19.9. The van der Waals surface area contributed by atoms with Gasteiger partial charge < -0.3 is 10.2 Å². The lowest BCUT2D eigenvalue weighted by molar-refractivity contribution is -0.0877. The van der Waals surface area contributed by atoms with Crippen LogP contribution < -0.4 is 0 Å². The number of hydrogen-bond acceptors (Lipinski definition) is 2. The third-order valence-electron chi connectivity index (χ3n) is 12.6. The van der Waals surface area contributed by atoms with Gasteiger partial charge in [0, 0.05) is 24.0 Å². The Morgan fingerprint density at radius 2 is 0.677 bits per heavy atom. The van der Waals surface area contributed by atoms with Gasteiger partial charge >= 0.3 is 0 Å². The highest BCUT2D eigenvalue weighted by Crippen LogP contribution is 2.72. The summed E-state index contributed by atoms with van der Waals surface area (Å²) in [6.45, 7) is 0.817. The van der Waals surface area contributed by atoms with Crippen LogP contribution in [0.3, 0.4) is 0 Å². The predicted octanol–water partition coefficient (Wildman–Crippen LogP) is 6.59. The molecule has 0 radical (unpaired) electrons. The van der Waals surface area contributed by atoms with Gasteiger partial charge in [-0.25, -0.2) is 0 Å². The minimum absolute atomic E-state index is 0.118. The van der Waals surface area contributed by atoms with Crippen LogP contribution in [0, 0.1) is 58.2 Å². The van der Waals surface area contributed by atoms with Crippen molar-refractivity contribution in [2.45, 2.75) is 109 Å². The topological polar surface area (TPSA) is 40.5 Å². The molecule has 176 valence electrons. The van der Waals surface area contributed by atoms with Crippen LogP contribution in [-0.2, 0) is 0 Å². The van der Waals surface area contributed by atoms with Crippen LogP contribution in [0.4, 0.5) is 0 Å². The highest BCUT2D eigenvalue weighted by Gasteiger charge is 2.66. The lowest BCUT2D eigenvalue weighted by Gasteiger charge is -2.52. The average molecular weight is 429 g/mol. The summed E-state index contributed by atoms with van der Waals surface area (Å²) in [5.41, 5.74) is 0.237. The first kappa shape index (κ1) is 21.5. The molecule has 2 heteroatoms. The smallest absolute Gasteiger partial charge is 0.0493 e. The van der Waals surface area contributed by atoms with Gasteiger partial charge in [-0.3, -0.25) is 0 Å². The van der Waals surface area contributed by atoms with Gasteiger partial charge in [-0.15, -0.1) is 0 Å². The van der Waals surface area contributed by atoms with Crippen LogP contribution in [0.1, 0.15) is 109 Å². The van der Waals surface area contributed by atoms with Gasteiger partial charge in [0.25, 0.3) is 0 Å². The third kappa shape index (κ3) is 3.02. The Morgan fingerprint density at radius 1 is 0.419 bits per heavy atom. The highest BCUT2D eigenvalue weighted by molar-refractivity contribution is 5.15. The predicted molar refractivity (Wildman–Crippen MR) is 125 cm³/mol. The Bertz CT molecular complexity index is 545. The van der Waals surface area contributed by atoms with E-state index in [1.54, 1.807) is 0 Å². The van der Waals surface area contributed by atoms with Crippen LogP contribution >= 0.6 is 0 Å². The molecule has 6 aliphatic carbocycles. The fraction of sp³-hybridized carbons (Fsp3) is 1.00. The maximum absolute atomic E-state index is 11.3. The second-order valence-electron chi connectivity index (χ2n) is 13.2. The second-order valence-corrected chi connectivity index (χ2v) is 13.2. The molecule has 0 saturated heterocycles. The first-order valence-electron chi connectivity index (χ1n) is 14.5. The zero-order valence-electron chi connectivity index (χ0n) is 19.9. The van der Waals surface area contributed by atoms with Gasteiger partial charge in [0.05, 0.1) is 0 Å². The van der Waals surface area contributed by atoms with Gasteiger partial charge in [0.2, 0.25) is 0 Å². The van der Waals surface area contributed by atoms with Crippen molar-refractivity contribution in [3.8, 4) is 0 Å². The largest absolute Gasteiger partial charge is 0.396 e. The van der Waals surface area contributed by atoms with E-state index in [-0.39, 0.29) is 10.8 Å². The fourth-order valence-corrected chi connectivity index (χ4v) is 11.8. The van der Waals surface area contributed by atoms with Crippen LogP contribution in [0.25, 0.3) is 0 Å². The van der Waals surface area contributed by atoms with Crippen LogP contribution in [-0.4, -0.2) is 23.4 Å². The first-order chi connectivity index (χ1) is 15.2. The van der Waals surface area contributed by atoms with Crippen molar-refractivity contribution in [1.29, 1.82) is 0 Å². The molecule has 6 aliphatic rings. The van der Waals surface area contributed by atoms with Gasteiger partial charge in [-0.1, -0.05) is 51.4 Å².